The first-order valence-corrected chi connectivity index (χ1v) is 8.53. The number of ketones is 2. The Bertz CT molecular complexity index is 620. The van der Waals surface area contributed by atoms with Gasteiger partial charge in [-0.2, -0.15) is 0 Å². The van der Waals surface area contributed by atoms with E-state index in [1.165, 1.54) is 19.1 Å². The molecule has 0 aliphatic heterocycles. The van der Waals surface area contributed by atoms with E-state index in [1.807, 2.05) is 13.8 Å². The van der Waals surface area contributed by atoms with Gasteiger partial charge in [0.25, 0.3) is 0 Å². The van der Waals surface area contributed by atoms with Crippen LogP contribution in [0.15, 0.2) is 22.7 Å². The van der Waals surface area contributed by atoms with Crippen LogP contribution >= 0.6 is 15.9 Å². The third-order valence-electron chi connectivity index (χ3n) is 3.30. The van der Waals surface area contributed by atoms with Crippen LogP contribution < -0.4 is 10.6 Å². The van der Waals surface area contributed by atoms with E-state index in [1.54, 1.807) is 6.07 Å². The molecule has 0 aliphatic carbocycles. The fraction of sp³-hybridized carbons (Fsp3) is 0.471. The summed E-state index contributed by atoms with van der Waals surface area (Å²) in [6, 6.07) is 2.90. The summed E-state index contributed by atoms with van der Waals surface area (Å²) in [6.07, 6.45) is 0.685. The smallest absolute Gasteiger partial charge is 0.319 e. The zero-order valence-electron chi connectivity index (χ0n) is 14.0. The standard InChI is InChI=1S/C17H22BrFN2O3/c1-10(2)8-15(16(23)7-4-11(3)22)21-17(24)20-14-6-5-12(18)9-13(14)19/h5-6,9-10,15H,4,7-8H2,1-3H3,(H2,20,21,24)/t15-/m0/s1. The van der Waals surface area contributed by atoms with Crippen molar-refractivity contribution in [1.29, 1.82) is 0 Å². The number of halogens is 2. The second-order valence-corrected chi connectivity index (χ2v) is 6.99. The van der Waals surface area contributed by atoms with Gasteiger partial charge in [0.2, 0.25) is 0 Å². The summed E-state index contributed by atoms with van der Waals surface area (Å²) < 4.78 is 14.3. The van der Waals surface area contributed by atoms with Crippen LogP contribution in [-0.2, 0) is 9.59 Å². The molecular formula is C17H22BrFN2O3. The minimum absolute atomic E-state index is 0.0233. The van der Waals surface area contributed by atoms with Crippen LogP contribution in [-0.4, -0.2) is 23.6 Å². The maximum absolute atomic E-state index is 13.7. The summed E-state index contributed by atoms with van der Waals surface area (Å²) >= 11 is 3.14. The summed E-state index contributed by atoms with van der Waals surface area (Å²) in [6.45, 7) is 5.28. The van der Waals surface area contributed by atoms with Crippen molar-refractivity contribution in [2.45, 2.75) is 46.1 Å². The SMILES string of the molecule is CC(=O)CCC(=O)[C@H](CC(C)C)NC(=O)Nc1ccc(Br)cc1F. The van der Waals surface area contributed by atoms with E-state index in [0.717, 1.165) is 0 Å². The molecule has 0 saturated carbocycles. The number of hydrogen-bond donors (Lipinski definition) is 2. The Morgan fingerprint density at radius 2 is 1.88 bits per heavy atom. The molecule has 5 nitrogen and oxygen atoms in total. The predicted octanol–water partition coefficient (Wildman–Crippen LogP) is 4.06. The Hall–Kier alpha value is -1.76. The van der Waals surface area contributed by atoms with Gasteiger partial charge in [0.15, 0.2) is 5.78 Å². The number of amides is 2. The number of Topliss-reactive ketones (excluding diaryl/α,β-unsaturated/α-hetero) is 2. The molecule has 0 bridgehead atoms. The molecule has 1 aromatic rings. The number of benzene rings is 1. The molecule has 0 heterocycles. The minimum Gasteiger partial charge on any atom is -0.328 e. The van der Waals surface area contributed by atoms with Gasteiger partial charge in [0.05, 0.1) is 11.7 Å². The topological polar surface area (TPSA) is 75.3 Å². The Kier molecular flexibility index (Phi) is 8.04. The van der Waals surface area contributed by atoms with E-state index in [9.17, 15) is 18.8 Å². The summed E-state index contributed by atoms with van der Waals surface area (Å²) in [5, 5.41) is 4.97. The van der Waals surface area contributed by atoms with Crippen molar-refractivity contribution in [3.8, 4) is 0 Å². The van der Waals surface area contributed by atoms with Gasteiger partial charge in [-0.15, -0.1) is 0 Å². The van der Waals surface area contributed by atoms with Gasteiger partial charge in [0.1, 0.15) is 11.6 Å². The van der Waals surface area contributed by atoms with E-state index in [4.69, 9.17) is 0 Å². The van der Waals surface area contributed by atoms with E-state index in [-0.39, 0.29) is 36.0 Å². The Labute approximate surface area is 149 Å². The first kappa shape index (κ1) is 20.3. The van der Waals surface area contributed by atoms with Crippen LogP contribution in [0.25, 0.3) is 0 Å². The fourth-order valence-corrected chi connectivity index (χ4v) is 2.46. The molecule has 2 N–H and O–H groups in total. The molecule has 0 radical (unpaired) electrons. The second-order valence-electron chi connectivity index (χ2n) is 6.07. The Morgan fingerprint density at radius 1 is 1.21 bits per heavy atom. The van der Waals surface area contributed by atoms with Crippen molar-refractivity contribution < 1.29 is 18.8 Å². The number of urea groups is 1. The average Bonchev–Trinajstić information content (AvgIpc) is 2.46. The third kappa shape index (κ3) is 7.21. The van der Waals surface area contributed by atoms with Gasteiger partial charge in [0, 0.05) is 17.3 Å². The molecule has 0 unspecified atom stereocenters. The van der Waals surface area contributed by atoms with E-state index < -0.39 is 17.9 Å². The van der Waals surface area contributed by atoms with Crippen molar-refractivity contribution >= 4 is 39.2 Å². The summed E-state index contributed by atoms with van der Waals surface area (Å²) in [4.78, 5) is 35.3. The number of rotatable bonds is 8. The van der Waals surface area contributed by atoms with Gasteiger partial charge in [-0.05, 0) is 37.5 Å². The quantitative estimate of drug-likeness (QED) is 0.690. The third-order valence-corrected chi connectivity index (χ3v) is 3.80. The van der Waals surface area contributed by atoms with E-state index in [2.05, 4.69) is 26.6 Å². The summed E-state index contributed by atoms with van der Waals surface area (Å²) in [5.74, 6) is -0.679. The monoisotopic (exact) mass is 400 g/mol. The minimum atomic E-state index is -0.706. The lowest BCUT2D eigenvalue weighted by atomic mass is 9.97. The molecule has 1 atom stereocenters. The summed E-state index contributed by atoms with van der Waals surface area (Å²) in [7, 11) is 0. The maximum Gasteiger partial charge on any atom is 0.319 e. The molecule has 132 valence electrons. The first-order valence-electron chi connectivity index (χ1n) is 7.73. The highest BCUT2D eigenvalue weighted by molar-refractivity contribution is 9.10. The summed E-state index contributed by atoms with van der Waals surface area (Å²) in [5.41, 5.74) is 0.0233. The normalized spacial score (nSPS) is 11.9. The highest BCUT2D eigenvalue weighted by Gasteiger charge is 2.22. The lowest BCUT2D eigenvalue weighted by Gasteiger charge is -2.20. The molecule has 0 aromatic heterocycles. The van der Waals surface area contributed by atoms with Gasteiger partial charge in [-0.25, -0.2) is 9.18 Å². The van der Waals surface area contributed by atoms with Crippen LogP contribution in [0.1, 0.15) is 40.0 Å². The maximum atomic E-state index is 13.7. The molecular weight excluding hydrogens is 379 g/mol. The zero-order valence-corrected chi connectivity index (χ0v) is 15.6. The van der Waals surface area contributed by atoms with Crippen LogP contribution in [0.4, 0.5) is 14.9 Å². The number of hydrogen-bond acceptors (Lipinski definition) is 3. The van der Waals surface area contributed by atoms with Crippen molar-refractivity contribution in [3.05, 3.63) is 28.5 Å². The molecule has 1 aromatic carbocycles. The Balaban J connectivity index is 2.72. The van der Waals surface area contributed by atoms with E-state index in [0.29, 0.717) is 10.9 Å². The number of anilines is 1. The molecule has 0 fully saturated rings. The lowest BCUT2D eigenvalue weighted by Crippen LogP contribution is -2.44. The van der Waals surface area contributed by atoms with Gasteiger partial charge in [-0.1, -0.05) is 29.8 Å². The first-order chi connectivity index (χ1) is 11.2. The molecule has 0 aliphatic rings. The highest BCUT2D eigenvalue weighted by Crippen LogP contribution is 2.19. The van der Waals surface area contributed by atoms with E-state index >= 15 is 0 Å². The molecule has 0 saturated heterocycles. The number of carbonyl (C=O) groups excluding carboxylic acids is 3. The number of carbonyl (C=O) groups is 3. The zero-order chi connectivity index (χ0) is 18.3. The highest BCUT2D eigenvalue weighted by atomic mass is 79.9. The Morgan fingerprint density at radius 3 is 2.42 bits per heavy atom. The van der Waals surface area contributed by atoms with Crippen LogP contribution in [0, 0.1) is 11.7 Å². The van der Waals surface area contributed by atoms with Crippen molar-refractivity contribution in [1.82, 2.24) is 5.32 Å². The fourth-order valence-electron chi connectivity index (χ4n) is 2.12. The van der Waals surface area contributed by atoms with Crippen LogP contribution in [0.3, 0.4) is 0 Å². The second kappa shape index (κ2) is 9.52. The van der Waals surface area contributed by atoms with Crippen molar-refractivity contribution in [2.75, 3.05) is 5.32 Å². The van der Waals surface area contributed by atoms with Crippen molar-refractivity contribution in [3.63, 3.8) is 0 Å². The molecule has 24 heavy (non-hydrogen) atoms. The van der Waals surface area contributed by atoms with Gasteiger partial charge < -0.3 is 15.4 Å². The molecule has 0 spiro atoms. The largest absolute Gasteiger partial charge is 0.328 e. The predicted molar refractivity (Wildman–Crippen MR) is 94.4 cm³/mol. The van der Waals surface area contributed by atoms with Crippen LogP contribution in [0.5, 0.6) is 0 Å². The van der Waals surface area contributed by atoms with Gasteiger partial charge in [-0.3, -0.25) is 4.79 Å². The van der Waals surface area contributed by atoms with Gasteiger partial charge >= 0.3 is 6.03 Å². The molecule has 7 heteroatoms. The lowest BCUT2D eigenvalue weighted by molar-refractivity contribution is -0.124. The molecule has 2 amide bonds. The molecule has 1 rings (SSSR count). The van der Waals surface area contributed by atoms with Crippen molar-refractivity contribution in [2.24, 2.45) is 5.92 Å². The average molecular weight is 401 g/mol. The van der Waals surface area contributed by atoms with Crippen LogP contribution in [0.2, 0.25) is 0 Å². The number of nitrogens with one attached hydrogen (secondary N) is 2.